The van der Waals surface area contributed by atoms with Crippen LogP contribution in [-0.4, -0.2) is 55.7 Å². The van der Waals surface area contributed by atoms with Gasteiger partial charge in [0.1, 0.15) is 23.2 Å². The van der Waals surface area contributed by atoms with Gasteiger partial charge in [0.05, 0.1) is 12.1 Å². The van der Waals surface area contributed by atoms with Crippen molar-refractivity contribution in [3.8, 4) is 16.9 Å². The highest BCUT2D eigenvalue weighted by Crippen LogP contribution is 2.34. The molecule has 1 amide bonds. The second kappa shape index (κ2) is 9.82. The average molecular weight is 489 g/mol. The number of fused-ring (bicyclic) bond motifs is 1. The van der Waals surface area contributed by atoms with Crippen LogP contribution in [0.5, 0.6) is 5.75 Å². The van der Waals surface area contributed by atoms with Gasteiger partial charge in [-0.3, -0.25) is 9.59 Å². The summed E-state index contributed by atoms with van der Waals surface area (Å²) in [7, 11) is 1.30. The second-order valence-corrected chi connectivity index (χ2v) is 8.24. The first-order chi connectivity index (χ1) is 16.3. The van der Waals surface area contributed by atoms with Crippen molar-refractivity contribution in [2.45, 2.75) is 19.1 Å². The van der Waals surface area contributed by atoms with E-state index in [-0.39, 0.29) is 23.1 Å². The summed E-state index contributed by atoms with van der Waals surface area (Å²) in [6.07, 6.45) is -0.852. The molecule has 10 heteroatoms. The van der Waals surface area contributed by atoms with Gasteiger partial charge in [-0.1, -0.05) is 11.6 Å². The van der Waals surface area contributed by atoms with Crippen molar-refractivity contribution in [1.29, 1.82) is 0 Å². The third-order valence-electron chi connectivity index (χ3n) is 5.57. The molecule has 1 aliphatic rings. The first-order valence-corrected chi connectivity index (χ1v) is 10.9. The minimum atomic E-state index is -0.852. The van der Waals surface area contributed by atoms with Crippen LogP contribution in [0.4, 0.5) is 4.39 Å². The van der Waals surface area contributed by atoms with E-state index >= 15 is 0 Å². The zero-order valence-electron chi connectivity index (χ0n) is 18.5. The van der Waals surface area contributed by atoms with Crippen LogP contribution in [0, 0.1) is 5.82 Å². The summed E-state index contributed by atoms with van der Waals surface area (Å²) in [5.74, 6) is -0.896. The fourth-order valence-corrected chi connectivity index (χ4v) is 4.18. The molecule has 8 nitrogen and oxygen atoms in total. The third-order valence-corrected chi connectivity index (χ3v) is 5.88. The molecule has 1 N–H and O–H groups in total. The third kappa shape index (κ3) is 4.90. The number of methoxy groups -OCH3 is 1. The monoisotopic (exact) mass is 488 g/mol. The maximum Gasteiger partial charge on any atom is 0.336 e. The second-order valence-electron chi connectivity index (χ2n) is 7.84. The van der Waals surface area contributed by atoms with Gasteiger partial charge in [-0.15, -0.1) is 0 Å². The van der Waals surface area contributed by atoms with Crippen LogP contribution in [0.25, 0.3) is 22.1 Å². The zero-order valence-corrected chi connectivity index (χ0v) is 19.2. The number of hydrogen-bond acceptors (Lipinski definition) is 7. The Morgan fingerprint density at radius 1 is 1.21 bits per heavy atom. The fourth-order valence-electron chi connectivity index (χ4n) is 3.91. The fraction of sp³-hybridized carbons (Fsp3) is 0.292. The molecular formula is C24H22ClFN2O6. The van der Waals surface area contributed by atoms with Crippen molar-refractivity contribution in [1.82, 2.24) is 10.2 Å². The van der Waals surface area contributed by atoms with Crippen LogP contribution in [0.3, 0.4) is 0 Å². The van der Waals surface area contributed by atoms with E-state index in [4.69, 9.17) is 25.5 Å². The number of carbonyl (C=O) groups excluding carboxylic acids is 2. The summed E-state index contributed by atoms with van der Waals surface area (Å²) < 4.78 is 29.4. The maximum atomic E-state index is 13.5. The molecule has 0 saturated carbocycles. The first-order valence-electron chi connectivity index (χ1n) is 10.6. The predicted molar refractivity (Wildman–Crippen MR) is 123 cm³/mol. The zero-order chi connectivity index (χ0) is 24.4. The van der Waals surface area contributed by atoms with E-state index in [0.29, 0.717) is 35.4 Å². The molecule has 2 atom stereocenters. The van der Waals surface area contributed by atoms with Gasteiger partial charge in [-0.05, 0) is 37.3 Å². The molecule has 1 unspecified atom stereocenters. The SMILES string of the molecule is COC(=O)[C@@H]1CN(C(=O)C(C)Oc2ccc3c(-c4ccc(F)cc4Cl)cc(=O)oc3c2)CCN1. The molecule has 0 spiro atoms. The molecule has 178 valence electrons. The summed E-state index contributed by atoms with van der Waals surface area (Å²) in [4.78, 5) is 38.4. The molecule has 1 saturated heterocycles. The number of halogens is 2. The Hall–Kier alpha value is -3.43. The van der Waals surface area contributed by atoms with Crippen LogP contribution in [0.15, 0.2) is 51.7 Å². The molecule has 0 radical (unpaired) electrons. The van der Waals surface area contributed by atoms with Gasteiger partial charge in [0.2, 0.25) is 0 Å². The van der Waals surface area contributed by atoms with Crippen LogP contribution < -0.4 is 15.7 Å². The number of ether oxygens (including phenoxy) is 2. The number of benzene rings is 2. The van der Waals surface area contributed by atoms with Gasteiger partial charge in [0.15, 0.2) is 6.10 Å². The Labute approximate surface area is 199 Å². The molecule has 0 bridgehead atoms. The van der Waals surface area contributed by atoms with Gasteiger partial charge in [0.25, 0.3) is 5.91 Å². The van der Waals surface area contributed by atoms with E-state index in [1.54, 1.807) is 24.0 Å². The van der Waals surface area contributed by atoms with Gasteiger partial charge >= 0.3 is 11.6 Å². The Bertz CT molecular complexity index is 1310. The summed E-state index contributed by atoms with van der Waals surface area (Å²) in [6, 6.07) is 9.44. The van der Waals surface area contributed by atoms with Crippen LogP contribution in [0.2, 0.25) is 5.02 Å². The minimum Gasteiger partial charge on any atom is -0.481 e. The van der Waals surface area contributed by atoms with E-state index in [9.17, 15) is 18.8 Å². The number of esters is 1. The molecule has 34 heavy (non-hydrogen) atoms. The van der Waals surface area contributed by atoms with Crippen molar-refractivity contribution in [3.63, 3.8) is 0 Å². The number of rotatable bonds is 5. The molecular weight excluding hydrogens is 467 g/mol. The predicted octanol–water partition coefficient (Wildman–Crippen LogP) is 2.99. The lowest BCUT2D eigenvalue weighted by Crippen LogP contribution is -2.57. The summed E-state index contributed by atoms with van der Waals surface area (Å²) >= 11 is 6.19. The Morgan fingerprint density at radius 3 is 2.74 bits per heavy atom. The number of piperazine rings is 1. The standard InChI is InChI=1S/C24H22ClFN2O6/c1-13(23(30)28-8-7-27-20(12-28)24(31)32-2)33-15-4-6-17-18(11-22(29)34-21(17)10-15)16-5-3-14(26)9-19(16)25/h3-6,9-11,13,20,27H,7-8,12H2,1-2H3/t13?,20-/m0/s1. The van der Waals surface area contributed by atoms with Crippen molar-refractivity contribution in [2.75, 3.05) is 26.7 Å². The lowest BCUT2D eigenvalue weighted by molar-refractivity contribution is -0.147. The van der Waals surface area contributed by atoms with Crippen molar-refractivity contribution in [3.05, 3.63) is 63.7 Å². The van der Waals surface area contributed by atoms with Gasteiger partial charge in [0, 0.05) is 48.3 Å². The first kappa shape index (κ1) is 23.7. The summed E-state index contributed by atoms with van der Waals surface area (Å²) in [6.45, 7) is 2.66. The van der Waals surface area contributed by atoms with E-state index in [0.717, 1.165) is 0 Å². The molecule has 1 aliphatic heterocycles. The van der Waals surface area contributed by atoms with E-state index in [2.05, 4.69) is 5.32 Å². The Balaban J connectivity index is 1.57. The average Bonchev–Trinajstić information content (AvgIpc) is 2.82. The normalized spacial score (nSPS) is 16.8. The lowest BCUT2D eigenvalue weighted by Gasteiger charge is -2.33. The van der Waals surface area contributed by atoms with Gasteiger partial charge < -0.3 is 24.1 Å². The molecule has 1 aromatic heterocycles. The van der Waals surface area contributed by atoms with E-state index in [1.165, 1.54) is 37.4 Å². The number of carbonyl (C=O) groups is 2. The lowest BCUT2D eigenvalue weighted by atomic mass is 10.0. The van der Waals surface area contributed by atoms with Gasteiger partial charge in [-0.2, -0.15) is 0 Å². The molecule has 2 aromatic carbocycles. The van der Waals surface area contributed by atoms with E-state index in [1.807, 2.05) is 0 Å². The molecule has 3 aromatic rings. The van der Waals surface area contributed by atoms with Crippen LogP contribution in [0.1, 0.15) is 6.92 Å². The highest BCUT2D eigenvalue weighted by atomic mass is 35.5. The van der Waals surface area contributed by atoms with Crippen molar-refractivity contribution < 1.29 is 27.9 Å². The van der Waals surface area contributed by atoms with Gasteiger partial charge in [-0.25, -0.2) is 9.18 Å². The minimum absolute atomic E-state index is 0.160. The topological polar surface area (TPSA) is 98.1 Å². The van der Waals surface area contributed by atoms with Crippen LogP contribution in [-0.2, 0) is 14.3 Å². The number of hydrogen-bond donors (Lipinski definition) is 1. The number of nitrogens with one attached hydrogen (secondary N) is 1. The summed E-state index contributed by atoms with van der Waals surface area (Å²) in [5, 5.41) is 3.74. The summed E-state index contributed by atoms with van der Waals surface area (Å²) in [5.41, 5.74) is 0.588. The molecule has 1 fully saturated rings. The van der Waals surface area contributed by atoms with Crippen molar-refractivity contribution in [2.24, 2.45) is 0 Å². The smallest absolute Gasteiger partial charge is 0.336 e. The van der Waals surface area contributed by atoms with Crippen molar-refractivity contribution >= 4 is 34.4 Å². The molecule has 0 aliphatic carbocycles. The maximum absolute atomic E-state index is 13.5. The highest BCUT2D eigenvalue weighted by molar-refractivity contribution is 6.33. The highest BCUT2D eigenvalue weighted by Gasteiger charge is 2.31. The van der Waals surface area contributed by atoms with E-state index < -0.39 is 29.6 Å². The molecule has 4 rings (SSSR count). The van der Waals surface area contributed by atoms with Crippen LogP contribution >= 0.6 is 11.6 Å². The Kier molecular flexibility index (Phi) is 6.85. The number of amides is 1. The quantitative estimate of drug-likeness (QED) is 0.435. The number of nitrogens with zero attached hydrogens (tertiary/aromatic N) is 1. The Morgan fingerprint density at radius 2 is 2.00 bits per heavy atom. The largest absolute Gasteiger partial charge is 0.481 e. The molecule has 2 heterocycles.